The second-order valence-electron chi connectivity index (χ2n) is 7.71. The Balaban J connectivity index is 1.40. The van der Waals surface area contributed by atoms with Crippen LogP contribution in [0.3, 0.4) is 0 Å². The van der Waals surface area contributed by atoms with Crippen molar-refractivity contribution in [2.45, 2.75) is 13.0 Å². The van der Waals surface area contributed by atoms with Gasteiger partial charge in [0.1, 0.15) is 11.5 Å². The molecule has 158 valence electrons. The van der Waals surface area contributed by atoms with E-state index in [1.54, 1.807) is 21.3 Å². The number of hydrogen-bond donors (Lipinski definition) is 0. The monoisotopic (exact) mass is 415 g/mol. The predicted molar refractivity (Wildman–Crippen MR) is 123 cm³/mol. The third kappa shape index (κ3) is 3.56. The van der Waals surface area contributed by atoms with Gasteiger partial charge < -0.3 is 23.5 Å². The Bertz CT molecular complexity index is 1240. The summed E-state index contributed by atoms with van der Waals surface area (Å²) < 4.78 is 22.5. The van der Waals surface area contributed by atoms with E-state index in [1.807, 2.05) is 18.2 Å². The predicted octanol–water partition coefficient (Wildman–Crippen LogP) is 5.69. The molecular formula is C26H25NO4. The summed E-state index contributed by atoms with van der Waals surface area (Å²) in [5.41, 5.74) is 3.60. The van der Waals surface area contributed by atoms with Crippen LogP contribution in [0.1, 0.15) is 11.1 Å². The van der Waals surface area contributed by atoms with Crippen molar-refractivity contribution in [3.8, 4) is 28.6 Å². The Morgan fingerprint density at radius 1 is 0.742 bits per heavy atom. The minimum Gasteiger partial charge on any atom is -0.497 e. The first-order valence-corrected chi connectivity index (χ1v) is 10.3. The molecular weight excluding hydrogens is 390 g/mol. The molecule has 0 atom stereocenters. The van der Waals surface area contributed by atoms with E-state index in [0.717, 1.165) is 64.7 Å². The molecule has 0 aliphatic carbocycles. The fourth-order valence-electron chi connectivity index (χ4n) is 4.23. The molecule has 0 N–H and O–H groups in total. The van der Waals surface area contributed by atoms with E-state index < -0.39 is 0 Å². The summed E-state index contributed by atoms with van der Waals surface area (Å²) in [4.78, 5) is 2.27. The Morgan fingerprint density at radius 3 is 2.26 bits per heavy atom. The van der Waals surface area contributed by atoms with Crippen molar-refractivity contribution in [1.82, 2.24) is 0 Å². The van der Waals surface area contributed by atoms with Crippen LogP contribution in [-0.4, -0.2) is 27.9 Å². The summed E-state index contributed by atoms with van der Waals surface area (Å²) in [6, 6.07) is 20.7. The van der Waals surface area contributed by atoms with E-state index in [2.05, 4.69) is 47.4 Å². The van der Waals surface area contributed by atoms with Crippen LogP contribution >= 0.6 is 0 Å². The summed E-state index contributed by atoms with van der Waals surface area (Å²) in [5.74, 6) is 4.15. The fourth-order valence-corrected chi connectivity index (χ4v) is 4.23. The van der Waals surface area contributed by atoms with Gasteiger partial charge >= 0.3 is 0 Å². The number of rotatable bonds is 5. The molecule has 1 aromatic heterocycles. The maximum atomic E-state index is 6.26. The molecule has 0 amide bonds. The van der Waals surface area contributed by atoms with E-state index in [-0.39, 0.29) is 0 Å². The van der Waals surface area contributed by atoms with E-state index in [0.29, 0.717) is 0 Å². The molecule has 0 bridgehead atoms. The molecule has 1 aliphatic heterocycles. The summed E-state index contributed by atoms with van der Waals surface area (Å²) in [6.45, 7) is 1.67. The lowest BCUT2D eigenvalue weighted by atomic mass is 9.99. The Morgan fingerprint density at radius 2 is 1.48 bits per heavy atom. The fraction of sp³-hybridized carbons (Fsp3) is 0.231. The zero-order valence-electron chi connectivity index (χ0n) is 18.0. The van der Waals surface area contributed by atoms with Gasteiger partial charge in [0.2, 0.25) is 0 Å². The van der Waals surface area contributed by atoms with Crippen molar-refractivity contribution in [2.24, 2.45) is 0 Å². The SMILES string of the molecule is COc1ccc2cc(-c3ccc(N4CCc5cc(OC)c(OC)cc5C4)o3)ccc2c1. The van der Waals surface area contributed by atoms with Gasteiger partial charge in [-0.1, -0.05) is 18.2 Å². The van der Waals surface area contributed by atoms with Crippen LogP contribution in [0.5, 0.6) is 17.2 Å². The molecule has 0 saturated carbocycles. The molecule has 5 nitrogen and oxygen atoms in total. The number of anilines is 1. The minimum atomic E-state index is 0.760. The minimum absolute atomic E-state index is 0.760. The first-order chi connectivity index (χ1) is 15.2. The van der Waals surface area contributed by atoms with Crippen molar-refractivity contribution in [1.29, 1.82) is 0 Å². The standard InChI is InChI=1S/C26H25NO4/c1-28-22-7-6-17-12-20(5-4-18(17)13-22)23-8-9-26(31-23)27-11-10-19-14-24(29-2)25(30-3)15-21(19)16-27/h4-9,12-15H,10-11,16H2,1-3H3. The summed E-state index contributed by atoms with van der Waals surface area (Å²) in [7, 11) is 5.03. The zero-order valence-corrected chi connectivity index (χ0v) is 18.0. The van der Waals surface area contributed by atoms with Crippen LogP contribution in [0, 0.1) is 0 Å². The highest BCUT2D eigenvalue weighted by atomic mass is 16.5. The highest BCUT2D eigenvalue weighted by Crippen LogP contribution is 2.36. The molecule has 2 heterocycles. The smallest absolute Gasteiger partial charge is 0.196 e. The van der Waals surface area contributed by atoms with E-state index in [1.165, 1.54) is 11.1 Å². The Hall–Kier alpha value is -3.60. The number of benzene rings is 3. The first kappa shape index (κ1) is 19.4. The average Bonchev–Trinajstić information content (AvgIpc) is 3.32. The Labute approximate surface area is 181 Å². The molecule has 0 fully saturated rings. The number of hydrogen-bond acceptors (Lipinski definition) is 5. The molecule has 31 heavy (non-hydrogen) atoms. The second-order valence-corrected chi connectivity index (χ2v) is 7.71. The highest BCUT2D eigenvalue weighted by molar-refractivity contribution is 5.87. The number of fused-ring (bicyclic) bond motifs is 2. The van der Waals surface area contributed by atoms with E-state index in [9.17, 15) is 0 Å². The molecule has 0 unspecified atom stereocenters. The third-order valence-electron chi connectivity index (χ3n) is 5.95. The maximum Gasteiger partial charge on any atom is 0.196 e. The van der Waals surface area contributed by atoms with Gasteiger partial charge in [-0.05, 0) is 64.7 Å². The summed E-state index contributed by atoms with van der Waals surface area (Å²) >= 11 is 0. The first-order valence-electron chi connectivity index (χ1n) is 10.3. The molecule has 5 heteroatoms. The van der Waals surface area contributed by atoms with Gasteiger partial charge in [0.05, 0.1) is 21.3 Å². The second kappa shape index (κ2) is 7.91. The molecule has 5 rings (SSSR count). The summed E-state index contributed by atoms with van der Waals surface area (Å²) in [6.07, 6.45) is 0.934. The molecule has 1 aliphatic rings. The van der Waals surface area contributed by atoms with Crippen LogP contribution in [0.15, 0.2) is 65.1 Å². The Kier molecular flexibility index (Phi) is 4.94. The quantitative estimate of drug-likeness (QED) is 0.419. The van der Waals surface area contributed by atoms with Gasteiger partial charge in [0.25, 0.3) is 0 Å². The summed E-state index contributed by atoms with van der Waals surface area (Å²) in [5, 5.41) is 2.30. The van der Waals surface area contributed by atoms with Gasteiger partial charge in [-0.15, -0.1) is 0 Å². The lowest BCUT2D eigenvalue weighted by Gasteiger charge is -2.29. The average molecular weight is 415 g/mol. The van der Waals surface area contributed by atoms with Gasteiger partial charge in [-0.3, -0.25) is 0 Å². The lowest BCUT2D eigenvalue weighted by Crippen LogP contribution is -2.30. The molecule has 0 radical (unpaired) electrons. The van der Waals surface area contributed by atoms with Crippen LogP contribution < -0.4 is 19.1 Å². The lowest BCUT2D eigenvalue weighted by molar-refractivity contribution is 0.353. The number of ether oxygens (including phenoxy) is 3. The third-order valence-corrected chi connectivity index (χ3v) is 5.95. The topological polar surface area (TPSA) is 44.1 Å². The highest BCUT2D eigenvalue weighted by Gasteiger charge is 2.22. The molecule has 4 aromatic rings. The largest absolute Gasteiger partial charge is 0.497 e. The maximum absolute atomic E-state index is 6.26. The molecule has 3 aromatic carbocycles. The van der Waals surface area contributed by atoms with Crippen molar-refractivity contribution in [2.75, 3.05) is 32.8 Å². The van der Waals surface area contributed by atoms with Gasteiger partial charge in [-0.25, -0.2) is 0 Å². The van der Waals surface area contributed by atoms with Crippen LogP contribution in [0.25, 0.3) is 22.1 Å². The molecule has 0 saturated heterocycles. The van der Waals surface area contributed by atoms with Gasteiger partial charge in [0, 0.05) is 24.7 Å². The van der Waals surface area contributed by atoms with Crippen molar-refractivity contribution in [3.63, 3.8) is 0 Å². The van der Waals surface area contributed by atoms with Gasteiger partial charge in [0.15, 0.2) is 17.4 Å². The van der Waals surface area contributed by atoms with Crippen molar-refractivity contribution >= 4 is 16.7 Å². The number of nitrogens with zero attached hydrogens (tertiary/aromatic N) is 1. The van der Waals surface area contributed by atoms with Crippen molar-refractivity contribution < 1.29 is 18.6 Å². The zero-order chi connectivity index (χ0) is 21.4. The van der Waals surface area contributed by atoms with Crippen LogP contribution in [-0.2, 0) is 13.0 Å². The number of furan rings is 1. The van der Waals surface area contributed by atoms with Crippen LogP contribution in [0.4, 0.5) is 5.88 Å². The number of methoxy groups -OCH3 is 3. The molecule has 0 spiro atoms. The van der Waals surface area contributed by atoms with E-state index >= 15 is 0 Å². The normalized spacial score (nSPS) is 13.2. The van der Waals surface area contributed by atoms with Crippen LogP contribution in [0.2, 0.25) is 0 Å². The van der Waals surface area contributed by atoms with E-state index in [4.69, 9.17) is 18.6 Å². The van der Waals surface area contributed by atoms with Crippen molar-refractivity contribution in [3.05, 3.63) is 71.8 Å². The van der Waals surface area contributed by atoms with Gasteiger partial charge in [-0.2, -0.15) is 0 Å².